The minimum atomic E-state index is -0.193. The van der Waals surface area contributed by atoms with E-state index >= 15 is 0 Å². The van der Waals surface area contributed by atoms with Gasteiger partial charge in [-0.3, -0.25) is 4.79 Å². The van der Waals surface area contributed by atoms with Crippen LogP contribution in [0.3, 0.4) is 0 Å². The predicted octanol–water partition coefficient (Wildman–Crippen LogP) is 3.84. The Morgan fingerprint density at radius 2 is 1.76 bits per heavy atom. The Morgan fingerprint density at radius 3 is 2.38 bits per heavy atom. The third kappa shape index (κ3) is 4.59. The standard InChI is InChI=1S/C17H24N2O2/c1-11-7-12(2)9-16(8-11)19-17(21)18-15-6-4-5-14(10-15)13(3)20/h4-6,10-12,16H,7-9H2,1-3H3,(H2,18,19,21). The van der Waals surface area contributed by atoms with E-state index < -0.39 is 0 Å². The lowest BCUT2D eigenvalue weighted by molar-refractivity contribution is 0.101. The zero-order valence-electron chi connectivity index (χ0n) is 13.0. The van der Waals surface area contributed by atoms with E-state index in [2.05, 4.69) is 24.5 Å². The molecular weight excluding hydrogens is 264 g/mol. The molecule has 0 spiro atoms. The van der Waals surface area contributed by atoms with Gasteiger partial charge in [-0.2, -0.15) is 0 Å². The summed E-state index contributed by atoms with van der Waals surface area (Å²) in [5.41, 5.74) is 1.25. The van der Waals surface area contributed by atoms with Crippen molar-refractivity contribution in [1.29, 1.82) is 0 Å². The number of amides is 2. The lowest BCUT2D eigenvalue weighted by atomic mass is 9.80. The molecular formula is C17H24N2O2. The molecule has 0 saturated heterocycles. The van der Waals surface area contributed by atoms with Gasteiger partial charge in [-0.25, -0.2) is 4.79 Å². The molecule has 0 aromatic heterocycles. The topological polar surface area (TPSA) is 58.2 Å². The Bertz CT molecular complexity index is 517. The zero-order chi connectivity index (χ0) is 15.4. The molecule has 1 aliphatic rings. The van der Waals surface area contributed by atoms with Crippen molar-refractivity contribution in [2.45, 2.75) is 46.1 Å². The molecule has 1 aliphatic carbocycles. The Labute approximate surface area is 126 Å². The predicted molar refractivity (Wildman–Crippen MR) is 84.6 cm³/mol. The fourth-order valence-corrected chi connectivity index (χ4v) is 3.23. The Morgan fingerprint density at radius 1 is 1.10 bits per heavy atom. The summed E-state index contributed by atoms with van der Waals surface area (Å²) in [6, 6.07) is 7.06. The van der Waals surface area contributed by atoms with Crippen molar-refractivity contribution < 1.29 is 9.59 Å². The lowest BCUT2D eigenvalue weighted by Crippen LogP contribution is -2.42. The molecule has 0 bridgehead atoms. The minimum Gasteiger partial charge on any atom is -0.335 e. The second-order valence-electron chi connectivity index (χ2n) is 6.35. The summed E-state index contributed by atoms with van der Waals surface area (Å²) in [4.78, 5) is 23.4. The van der Waals surface area contributed by atoms with Crippen LogP contribution in [0.4, 0.5) is 10.5 Å². The summed E-state index contributed by atoms with van der Waals surface area (Å²) in [7, 11) is 0. The first-order valence-corrected chi connectivity index (χ1v) is 7.62. The van der Waals surface area contributed by atoms with E-state index in [1.54, 1.807) is 24.3 Å². The second kappa shape index (κ2) is 6.74. The fraction of sp³-hybridized carbons (Fsp3) is 0.529. The molecule has 2 unspecified atom stereocenters. The number of rotatable bonds is 3. The summed E-state index contributed by atoms with van der Waals surface area (Å²) in [6.07, 6.45) is 3.30. The van der Waals surface area contributed by atoms with Crippen LogP contribution >= 0.6 is 0 Å². The smallest absolute Gasteiger partial charge is 0.319 e. The zero-order valence-corrected chi connectivity index (χ0v) is 13.0. The molecule has 1 aromatic rings. The van der Waals surface area contributed by atoms with Gasteiger partial charge in [0.05, 0.1) is 0 Å². The average molecular weight is 288 g/mol. The van der Waals surface area contributed by atoms with Gasteiger partial charge < -0.3 is 10.6 Å². The van der Waals surface area contributed by atoms with Crippen LogP contribution in [-0.4, -0.2) is 17.9 Å². The maximum absolute atomic E-state index is 12.1. The van der Waals surface area contributed by atoms with E-state index in [0.717, 1.165) is 12.8 Å². The molecule has 0 radical (unpaired) electrons. The molecule has 1 fully saturated rings. The van der Waals surface area contributed by atoms with Crippen LogP contribution in [-0.2, 0) is 0 Å². The minimum absolute atomic E-state index is 0.00557. The summed E-state index contributed by atoms with van der Waals surface area (Å²) in [5, 5.41) is 5.85. The first-order chi connectivity index (χ1) is 9.94. The molecule has 4 nitrogen and oxygen atoms in total. The monoisotopic (exact) mass is 288 g/mol. The van der Waals surface area contributed by atoms with Crippen molar-refractivity contribution in [1.82, 2.24) is 5.32 Å². The van der Waals surface area contributed by atoms with Crippen molar-refractivity contribution in [3.05, 3.63) is 29.8 Å². The van der Waals surface area contributed by atoms with E-state index in [0.29, 0.717) is 23.1 Å². The SMILES string of the molecule is CC(=O)c1cccc(NC(=O)NC2CC(C)CC(C)C2)c1. The summed E-state index contributed by atoms with van der Waals surface area (Å²) >= 11 is 0. The van der Waals surface area contributed by atoms with Crippen LogP contribution in [0.5, 0.6) is 0 Å². The molecule has 4 heteroatoms. The van der Waals surface area contributed by atoms with Crippen LogP contribution in [0.2, 0.25) is 0 Å². The van der Waals surface area contributed by atoms with Crippen molar-refractivity contribution in [3.63, 3.8) is 0 Å². The largest absolute Gasteiger partial charge is 0.335 e. The van der Waals surface area contributed by atoms with Crippen LogP contribution < -0.4 is 10.6 Å². The molecule has 0 heterocycles. The molecule has 21 heavy (non-hydrogen) atoms. The molecule has 2 amide bonds. The molecule has 0 aliphatic heterocycles. The van der Waals surface area contributed by atoms with Crippen molar-refractivity contribution in [2.75, 3.05) is 5.32 Å². The third-order valence-corrected chi connectivity index (χ3v) is 4.04. The lowest BCUT2D eigenvalue weighted by Gasteiger charge is -2.31. The highest BCUT2D eigenvalue weighted by Gasteiger charge is 2.24. The number of ketones is 1. The number of hydrogen-bond acceptors (Lipinski definition) is 2. The van der Waals surface area contributed by atoms with Gasteiger partial charge in [0.2, 0.25) is 0 Å². The maximum Gasteiger partial charge on any atom is 0.319 e. The summed E-state index contributed by atoms with van der Waals surface area (Å²) in [6.45, 7) is 5.99. The van der Waals surface area contributed by atoms with Gasteiger partial charge in [0, 0.05) is 17.3 Å². The number of carbonyl (C=O) groups is 2. The number of carbonyl (C=O) groups excluding carboxylic acids is 2. The van der Waals surface area contributed by atoms with Crippen molar-refractivity contribution in [2.24, 2.45) is 11.8 Å². The van der Waals surface area contributed by atoms with E-state index in [-0.39, 0.29) is 17.9 Å². The van der Waals surface area contributed by atoms with Gasteiger partial charge in [0.15, 0.2) is 5.78 Å². The average Bonchev–Trinajstić information content (AvgIpc) is 2.37. The molecule has 2 atom stereocenters. The molecule has 114 valence electrons. The molecule has 2 N–H and O–H groups in total. The van der Waals surface area contributed by atoms with E-state index in [4.69, 9.17) is 0 Å². The molecule has 1 saturated carbocycles. The van der Waals surface area contributed by atoms with E-state index in [1.807, 2.05) is 0 Å². The van der Waals surface area contributed by atoms with Gasteiger partial charge in [-0.1, -0.05) is 26.0 Å². The van der Waals surface area contributed by atoms with Gasteiger partial charge in [0.25, 0.3) is 0 Å². The number of benzene rings is 1. The Hall–Kier alpha value is -1.84. The quantitative estimate of drug-likeness (QED) is 0.830. The molecule has 2 rings (SSSR count). The highest BCUT2D eigenvalue weighted by atomic mass is 16.2. The van der Waals surface area contributed by atoms with E-state index in [9.17, 15) is 9.59 Å². The number of anilines is 1. The number of nitrogens with one attached hydrogen (secondary N) is 2. The highest BCUT2D eigenvalue weighted by molar-refractivity contribution is 5.96. The molecule has 1 aromatic carbocycles. The third-order valence-electron chi connectivity index (χ3n) is 4.04. The van der Waals surface area contributed by atoms with Crippen molar-refractivity contribution in [3.8, 4) is 0 Å². The first-order valence-electron chi connectivity index (χ1n) is 7.62. The van der Waals surface area contributed by atoms with Gasteiger partial charge >= 0.3 is 6.03 Å². The summed E-state index contributed by atoms with van der Waals surface area (Å²) < 4.78 is 0. The summed E-state index contributed by atoms with van der Waals surface area (Å²) in [5.74, 6) is 1.30. The fourth-order valence-electron chi connectivity index (χ4n) is 3.23. The number of Topliss-reactive ketones (excluding diaryl/α,β-unsaturated/α-hetero) is 1. The van der Waals surface area contributed by atoms with E-state index in [1.165, 1.54) is 13.3 Å². The van der Waals surface area contributed by atoms with Gasteiger partial charge in [0.1, 0.15) is 0 Å². The normalized spacial score (nSPS) is 25.2. The van der Waals surface area contributed by atoms with Crippen LogP contribution in [0, 0.1) is 11.8 Å². The number of urea groups is 1. The second-order valence-corrected chi connectivity index (χ2v) is 6.35. The first kappa shape index (κ1) is 15.5. The maximum atomic E-state index is 12.1. The van der Waals surface area contributed by atoms with Crippen LogP contribution in [0.15, 0.2) is 24.3 Å². The Kier molecular flexibility index (Phi) is 4.99. The highest BCUT2D eigenvalue weighted by Crippen LogP contribution is 2.28. The van der Waals surface area contributed by atoms with Crippen LogP contribution in [0.25, 0.3) is 0 Å². The van der Waals surface area contributed by atoms with Crippen molar-refractivity contribution >= 4 is 17.5 Å². The van der Waals surface area contributed by atoms with Gasteiger partial charge in [-0.15, -0.1) is 0 Å². The number of hydrogen-bond donors (Lipinski definition) is 2. The van der Waals surface area contributed by atoms with Gasteiger partial charge in [-0.05, 0) is 50.2 Å². The Balaban J connectivity index is 1.92. The van der Waals surface area contributed by atoms with Crippen LogP contribution in [0.1, 0.15) is 50.4 Å².